The van der Waals surface area contributed by atoms with Gasteiger partial charge in [0.1, 0.15) is 23.5 Å². The zero-order chi connectivity index (χ0) is 19.7. The average molecular weight is 399 g/mol. The Bertz CT molecular complexity index is 1190. The first-order valence-electron chi connectivity index (χ1n) is 8.28. The van der Waals surface area contributed by atoms with Crippen LogP contribution in [0.25, 0.3) is 16.7 Å². The summed E-state index contributed by atoms with van der Waals surface area (Å²) in [6, 6.07) is 6.70. The maximum absolute atomic E-state index is 12.4. The molecule has 4 heterocycles. The first-order valence-corrected chi connectivity index (χ1v) is 8.66. The van der Waals surface area contributed by atoms with E-state index in [-0.39, 0.29) is 11.6 Å². The van der Waals surface area contributed by atoms with Crippen LogP contribution in [0.3, 0.4) is 0 Å². The summed E-state index contributed by atoms with van der Waals surface area (Å²) in [7, 11) is 1.51. The lowest BCUT2D eigenvalue weighted by molar-refractivity contribution is 0.395. The molecule has 4 rings (SSSR count). The highest BCUT2D eigenvalue weighted by molar-refractivity contribution is 6.31. The number of halogens is 1. The van der Waals surface area contributed by atoms with Crippen LogP contribution >= 0.6 is 11.6 Å². The molecule has 1 unspecified atom stereocenters. The molecule has 0 saturated heterocycles. The number of ether oxygens (including phenoxy) is 1. The molecule has 1 atom stereocenters. The van der Waals surface area contributed by atoms with Crippen molar-refractivity contribution < 1.29 is 4.74 Å². The summed E-state index contributed by atoms with van der Waals surface area (Å²) in [5.74, 6) is 0.873. The zero-order valence-electron chi connectivity index (χ0n) is 14.9. The minimum Gasteiger partial charge on any atom is -0.479 e. The highest BCUT2D eigenvalue weighted by atomic mass is 35.5. The molecule has 0 radical (unpaired) electrons. The second-order valence-electron chi connectivity index (χ2n) is 5.99. The number of rotatable bonds is 5. The van der Waals surface area contributed by atoms with Gasteiger partial charge >= 0.3 is 0 Å². The third kappa shape index (κ3) is 3.37. The standard InChI is InChI=1S/C17H15ClN8O2/c1-9(12-6-10-5-11(18)7-19-15(10)23-16(12)27)21-14-4-3-13(17(22-14)28-2)26-8-20-24-25-26/h3-9H,1-2H3,(H,21,22)(H,19,23,27). The summed E-state index contributed by atoms with van der Waals surface area (Å²) in [6.07, 6.45) is 2.94. The van der Waals surface area contributed by atoms with E-state index in [1.165, 1.54) is 24.3 Å². The van der Waals surface area contributed by atoms with Gasteiger partial charge in [-0.15, -0.1) is 5.10 Å². The molecule has 0 saturated carbocycles. The van der Waals surface area contributed by atoms with E-state index in [4.69, 9.17) is 16.3 Å². The van der Waals surface area contributed by atoms with Gasteiger partial charge in [0.25, 0.3) is 5.56 Å². The van der Waals surface area contributed by atoms with E-state index in [0.29, 0.717) is 33.6 Å². The van der Waals surface area contributed by atoms with Crippen LogP contribution in [-0.2, 0) is 0 Å². The van der Waals surface area contributed by atoms with Gasteiger partial charge in [0.2, 0.25) is 5.88 Å². The average Bonchev–Trinajstić information content (AvgIpc) is 3.22. The highest BCUT2D eigenvalue weighted by Crippen LogP contribution is 2.24. The molecule has 28 heavy (non-hydrogen) atoms. The van der Waals surface area contributed by atoms with Crippen molar-refractivity contribution in [2.45, 2.75) is 13.0 Å². The lowest BCUT2D eigenvalue weighted by Gasteiger charge is -2.16. The number of methoxy groups -OCH3 is 1. The molecule has 142 valence electrons. The van der Waals surface area contributed by atoms with E-state index >= 15 is 0 Å². The second-order valence-corrected chi connectivity index (χ2v) is 6.43. The second kappa shape index (κ2) is 7.24. The van der Waals surface area contributed by atoms with Crippen molar-refractivity contribution in [3.05, 3.63) is 57.7 Å². The number of nitrogens with one attached hydrogen (secondary N) is 2. The van der Waals surface area contributed by atoms with Gasteiger partial charge in [0.05, 0.1) is 18.2 Å². The van der Waals surface area contributed by atoms with E-state index in [0.717, 1.165) is 5.39 Å². The Morgan fingerprint density at radius 1 is 1.32 bits per heavy atom. The zero-order valence-corrected chi connectivity index (χ0v) is 15.7. The summed E-state index contributed by atoms with van der Waals surface area (Å²) >= 11 is 6.00. The summed E-state index contributed by atoms with van der Waals surface area (Å²) in [5.41, 5.74) is 1.37. The van der Waals surface area contributed by atoms with E-state index in [1.807, 2.05) is 6.92 Å². The van der Waals surface area contributed by atoms with Gasteiger partial charge in [-0.3, -0.25) is 4.79 Å². The van der Waals surface area contributed by atoms with E-state index in [1.54, 1.807) is 24.3 Å². The molecular weight excluding hydrogens is 384 g/mol. The lowest BCUT2D eigenvalue weighted by atomic mass is 10.1. The first-order chi connectivity index (χ1) is 13.5. The molecule has 0 fully saturated rings. The summed E-state index contributed by atoms with van der Waals surface area (Å²) in [4.78, 5) is 23.8. The van der Waals surface area contributed by atoms with Gasteiger partial charge in [-0.1, -0.05) is 11.6 Å². The van der Waals surface area contributed by atoms with Crippen LogP contribution in [0.4, 0.5) is 5.82 Å². The van der Waals surface area contributed by atoms with Crippen LogP contribution in [0, 0.1) is 0 Å². The van der Waals surface area contributed by atoms with E-state index in [9.17, 15) is 4.79 Å². The third-order valence-corrected chi connectivity index (χ3v) is 4.36. The molecule has 2 N–H and O–H groups in total. The van der Waals surface area contributed by atoms with Crippen LogP contribution in [0.15, 0.2) is 41.6 Å². The van der Waals surface area contributed by atoms with Crippen molar-refractivity contribution in [2.24, 2.45) is 0 Å². The van der Waals surface area contributed by atoms with Crippen LogP contribution in [0.5, 0.6) is 5.88 Å². The number of nitrogens with zero attached hydrogens (tertiary/aromatic N) is 6. The molecule has 4 aromatic heterocycles. The van der Waals surface area contributed by atoms with Gasteiger partial charge in [0, 0.05) is 17.1 Å². The smallest absolute Gasteiger partial charge is 0.254 e. The third-order valence-electron chi connectivity index (χ3n) is 4.15. The Morgan fingerprint density at radius 2 is 2.18 bits per heavy atom. The van der Waals surface area contributed by atoms with Crippen molar-refractivity contribution in [3.8, 4) is 11.6 Å². The summed E-state index contributed by atoms with van der Waals surface area (Å²) in [6.45, 7) is 1.86. The van der Waals surface area contributed by atoms with Crippen molar-refractivity contribution in [1.29, 1.82) is 0 Å². The number of pyridine rings is 3. The number of H-pyrrole nitrogens is 1. The van der Waals surface area contributed by atoms with E-state index < -0.39 is 0 Å². The fraction of sp³-hybridized carbons (Fsp3) is 0.176. The SMILES string of the molecule is COc1nc(NC(C)c2cc3cc(Cl)cnc3[nH]c2=O)ccc1-n1cnnn1. The fourth-order valence-electron chi connectivity index (χ4n) is 2.81. The molecule has 0 spiro atoms. The molecule has 0 aliphatic carbocycles. The number of aromatic amines is 1. The number of hydrogen-bond donors (Lipinski definition) is 2. The molecular formula is C17H15ClN8O2. The molecule has 0 bridgehead atoms. The topological polar surface area (TPSA) is 124 Å². The number of aromatic nitrogens is 7. The number of hydrogen-bond acceptors (Lipinski definition) is 8. The monoisotopic (exact) mass is 398 g/mol. The largest absolute Gasteiger partial charge is 0.479 e. The Balaban J connectivity index is 1.65. The normalized spacial score (nSPS) is 12.1. The Labute approximate surface area is 163 Å². The minimum atomic E-state index is -0.330. The summed E-state index contributed by atoms with van der Waals surface area (Å²) in [5, 5.41) is 15.5. The molecule has 0 aliphatic heterocycles. The van der Waals surface area contributed by atoms with Gasteiger partial charge in [-0.05, 0) is 41.6 Å². The van der Waals surface area contributed by atoms with Crippen molar-refractivity contribution in [1.82, 2.24) is 35.2 Å². The molecule has 0 aromatic carbocycles. The summed E-state index contributed by atoms with van der Waals surface area (Å²) < 4.78 is 6.78. The van der Waals surface area contributed by atoms with Crippen LogP contribution in [-0.4, -0.2) is 42.3 Å². The molecule has 11 heteroatoms. The Kier molecular flexibility index (Phi) is 4.62. The van der Waals surface area contributed by atoms with Crippen molar-refractivity contribution in [3.63, 3.8) is 0 Å². The Hall–Kier alpha value is -3.53. The Morgan fingerprint density at radius 3 is 2.93 bits per heavy atom. The maximum atomic E-state index is 12.4. The quantitative estimate of drug-likeness (QED) is 0.524. The van der Waals surface area contributed by atoms with Crippen LogP contribution in [0.1, 0.15) is 18.5 Å². The minimum absolute atomic E-state index is 0.236. The number of tetrazole rings is 1. The maximum Gasteiger partial charge on any atom is 0.254 e. The van der Waals surface area contributed by atoms with Gasteiger partial charge < -0.3 is 15.0 Å². The molecule has 10 nitrogen and oxygen atoms in total. The lowest BCUT2D eigenvalue weighted by Crippen LogP contribution is -2.20. The van der Waals surface area contributed by atoms with Crippen LogP contribution < -0.4 is 15.6 Å². The fourth-order valence-corrected chi connectivity index (χ4v) is 2.98. The van der Waals surface area contributed by atoms with Gasteiger partial charge in [-0.2, -0.15) is 9.67 Å². The van der Waals surface area contributed by atoms with E-state index in [2.05, 4.69) is 35.8 Å². The number of anilines is 1. The van der Waals surface area contributed by atoms with Gasteiger partial charge in [-0.25, -0.2) is 4.98 Å². The van der Waals surface area contributed by atoms with Gasteiger partial charge in [0.15, 0.2) is 0 Å². The molecule has 0 amide bonds. The van der Waals surface area contributed by atoms with Crippen LogP contribution in [0.2, 0.25) is 5.02 Å². The molecule has 0 aliphatic rings. The highest BCUT2D eigenvalue weighted by Gasteiger charge is 2.15. The predicted octanol–water partition coefficient (Wildman–Crippen LogP) is 2.13. The number of fused-ring (bicyclic) bond motifs is 1. The van der Waals surface area contributed by atoms with Crippen molar-refractivity contribution in [2.75, 3.05) is 12.4 Å². The first kappa shape index (κ1) is 17.9. The van der Waals surface area contributed by atoms with Crippen molar-refractivity contribution >= 4 is 28.5 Å². The predicted molar refractivity (Wildman–Crippen MR) is 103 cm³/mol. The molecule has 4 aromatic rings.